The van der Waals surface area contributed by atoms with Gasteiger partial charge in [0.05, 0.1) is 12.0 Å². The van der Waals surface area contributed by atoms with E-state index in [2.05, 4.69) is 0 Å². The van der Waals surface area contributed by atoms with E-state index in [1.54, 1.807) is 0 Å². The minimum absolute atomic E-state index is 0.00236. The number of β-lactam (4-membered cyclic amide) rings is 1. The van der Waals surface area contributed by atoms with Crippen molar-refractivity contribution >= 4 is 17.4 Å². The van der Waals surface area contributed by atoms with Gasteiger partial charge in [-0.15, -0.1) is 0 Å². The highest BCUT2D eigenvalue weighted by atomic mass is 16.2. The molecule has 2 aromatic carbocycles. The summed E-state index contributed by atoms with van der Waals surface area (Å²) in [5, 5.41) is 0. The number of anilines is 1. The second-order valence-electron chi connectivity index (χ2n) is 5.64. The Morgan fingerprint density at radius 3 is 2.43 bits per heavy atom. The molecular weight excluding hydrogens is 262 g/mol. The van der Waals surface area contributed by atoms with Gasteiger partial charge in [0.2, 0.25) is 5.91 Å². The number of para-hydroxylation sites is 1. The summed E-state index contributed by atoms with van der Waals surface area (Å²) in [6.45, 7) is 0. The first-order valence-corrected chi connectivity index (χ1v) is 7.27. The van der Waals surface area contributed by atoms with Crippen LogP contribution < -0.4 is 4.90 Å². The molecule has 0 unspecified atom stereocenters. The number of Topliss-reactive ketones (excluding diaryl/α,β-unsaturated/α-hetero) is 1. The number of benzene rings is 2. The van der Waals surface area contributed by atoms with Crippen molar-refractivity contribution in [2.45, 2.75) is 18.9 Å². The fourth-order valence-electron chi connectivity index (χ4n) is 3.49. The highest BCUT2D eigenvalue weighted by molar-refractivity contribution is 6.07. The zero-order chi connectivity index (χ0) is 14.4. The minimum Gasteiger partial charge on any atom is -0.304 e. The van der Waals surface area contributed by atoms with E-state index >= 15 is 0 Å². The molecule has 1 fully saturated rings. The topological polar surface area (TPSA) is 37.4 Å². The lowest BCUT2D eigenvalue weighted by Crippen LogP contribution is -2.55. The average Bonchev–Trinajstić information content (AvgIpc) is 2.64. The molecule has 0 spiro atoms. The van der Waals surface area contributed by atoms with Crippen LogP contribution in [0, 0.1) is 5.92 Å². The van der Waals surface area contributed by atoms with Crippen LogP contribution in [0.2, 0.25) is 0 Å². The van der Waals surface area contributed by atoms with Crippen LogP contribution in [-0.4, -0.2) is 11.7 Å². The number of nitrogens with zero attached hydrogens (tertiary/aromatic N) is 1. The molecule has 4 rings (SSSR count). The SMILES string of the molecule is O=C1CC[C@@H]2C(=O)N(c3ccccc3)[C@@H]2c2ccccc21. The third-order valence-corrected chi connectivity index (χ3v) is 4.51. The van der Waals surface area contributed by atoms with Gasteiger partial charge in [-0.1, -0.05) is 42.5 Å². The summed E-state index contributed by atoms with van der Waals surface area (Å²) in [7, 11) is 0. The van der Waals surface area contributed by atoms with E-state index in [4.69, 9.17) is 0 Å². The molecule has 3 heteroatoms. The third kappa shape index (κ3) is 1.74. The van der Waals surface area contributed by atoms with Gasteiger partial charge in [-0.25, -0.2) is 0 Å². The Balaban J connectivity index is 1.83. The van der Waals surface area contributed by atoms with Gasteiger partial charge in [-0.3, -0.25) is 9.59 Å². The molecule has 1 heterocycles. The molecule has 2 aliphatic rings. The normalized spacial score (nSPS) is 23.9. The largest absolute Gasteiger partial charge is 0.304 e. The van der Waals surface area contributed by atoms with E-state index < -0.39 is 0 Å². The van der Waals surface area contributed by atoms with Crippen molar-refractivity contribution in [3.8, 4) is 0 Å². The molecule has 3 nitrogen and oxygen atoms in total. The van der Waals surface area contributed by atoms with Crippen molar-refractivity contribution in [3.63, 3.8) is 0 Å². The number of carbonyl (C=O) groups is 2. The van der Waals surface area contributed by atoms with Crippen molar-refractivity contribution in [2.24, 2.45) is 5.92 Å². The van der Waals surface area contributed by atoms with Gasteiger partial charge in [-0.05, 0) is 24.1 Å². The summed E-state index contributed by atoms with van der Waals surface area (Å²) in [4.78, 5) is 26.6. The van der Waals surface area contributed by atoms with Gasteiger partial charge in [0.15, 0.2) is 5.78 Å². The van der Waals surface area contributed by atoms with Gasteiger partial charge in [0, 0.05) is 17.7 Å². The van der Waals surface area contributed by atoms with Crippen molar-refractivity contribution in [2.75, 3.05) is 4.90 Å². The van der Waals surface area contributed by atoms with E-state index in [-0.39, 0.29) is 23.7 Å². The Kier molecular flexibility index (Phi) is 2.67. The molecule has 1 amide bonds. The van der Waals surface area contributed by atoms with Crippen LogP contribution in [0.4, 0.5) is 5.69 Å². The Bertz CT molecular complexity index is 723. The van der Waals surface area contributed by atoms with E-state index in [9.17, 15) is 9.59 Å². The number of fused-ring (bicyclic) bond motifs is 3. The molecule has 1 aliphatic heterocycles. The summed E-state index contributed by atoms with van der Waals surface area (Å²) in [5.74, 6) is 0.231. The number of hydrogen-bond donors (Lipinski definition) is 0. The predicted octanol–water partition coefficient (Wildman–Crippen LogP) is 3.37. The van der Waals surface area contributed by atoms with Gasteiger partial charge in [-0.2, -0.15) is 0 Å². The number of rotatable bonds is 1. The Labute approximate surface area is 123 Å². The molecule has 21 heavy (non-hydrogen) atoms. The standard InChI is InChI=1S/C18H15NO2/c20-16-11-10-15-17(14-9-5-4-8-13(14)16)19(18(15)21)12-6-2-1-3-7-12/h1-9,15,17H,10-11H2/t15-,17+/m0/s1. The van der Waals surface area contributed by atoms with Crippen LogP contribution in [0.25, 0.3) is 0 Å². The molecule has 0 bridgehead atoms. The van der Waals surface area contributed by atoms with Crippen molar-refractivity contribution in [1.82, 2.24) is 0 Å². The quantitative estimate of drug-likeness (QED) is 0.749. The second-order valence-corrected chi connectivity index (χ2v) is 5.64. The van der Waals surface area contributed by atoms with Crippen LogP contribution >= 0.6 is 0 Å². The lowest BCUT2D eigenvalue weighted by molar-refractivity contribution is -0.130. The number of carbonyl (C=O) groups excluding carboxylic acids is 2. The van der Waals surface area contributed by atoms with Crippen molar-refractivity contribution in [1.29, 1.82) is 0 Å². The minimum atomic E-state index is -0.0576. The number of amides is 1. The highest BCUT2D eigenvalue weighted by Gasteiger charge is 2.50. The predicted molar refractivity (Wildman–Crippen MR) is 80.2 cm³/mol. The maximum absolute atomic E-state index is 12.5. The maximum Gasteiger partial charge on any atom is 0.233 e. The summed E-state index contributed by atoms with van der Waals surface area (Å²) >= 11 is 0. The molecule has 0 aromatic heterocycles. The van der Waals surface area contributed by atoms with Crippen molar-refractivity contribution in [3.05, 3.63) is 65.7 Å². The smallest absolute Gasteiger partial charge is 0.233 e. The molecule has 0 saturated carbocycles. The lowest BCUT2D eigenvalue weighted by Gasteiger charge is -2.47. The summed E-state index contributed by atoms with van der Waals surface area (Å²) in [6.07, 6.45) is 1.12. The van der Waals surface area contributed by atoms with Crippen LogP contribution in [0.5, 0.6) is 0 Å². The van der Waals surface area contributed by atoms with Crippen LogP contribution in [0.3, 0.4) is 0 Å². The van der Waals surface area contributed by atoms with Gasteiger partial charge < -0.3 is 4.90 Å². The first-order chi connectivity index (χ1) is 10.3. The molecular formula is C18H15NO2. The molecule has 104 valence electrons. The summed E-state index contributed by atoms with van der Waals surface area (Å²) in [5.41, 5.74) is 2.68. The zero-order valence-corrected chi connectivity index (χ0v) is 11.5. The van der Waals surface area contributed by atoms with E-state index in [1.165, 1.54) is 0 Å². The Morgan fingerprint density at radius 1 is 0.905 bits per heavy atom. The molecule has 0 radical (unpaired) electrons. The van der Waals surface area contributed by atoms with E-state index in [1.807, 2.05) is 59.5 Å². The monoisotopic (exact) mass is 277 g/mol. The van der Waals surface area contributed by atoms with Crippen LogP contribution in [0.15, 0.2) is 54.6 Å². The average molecular weight is 277 g/mol. The summed E-state index contributed by atoms with van der Waals surface area (Å²) in [6, 6.07) is 17.4. The lowest BCUT2D eigenvalue weighted by atomic mass is 9.80. The van der Waals surface area contributed by atoms with Crippen molar-refractivity contribution < 1.29 is 9.59 Å². The summed E-state index contributed by atoms with van der Waals surface area (Å²) < 4.78 is 0. The maximum atomic E-state index is 12.5. The molecule has 0 N–H and O–H groups in total. The molecule has 1 aliphatic carbocycles. The Morgan fingerprint density at radius 2 is 1.62 bits per heavy atom. The molecule has 1 saturated heterocycles. The van der Waals surface area contributed by atoms with Gasteiger partial charge >= 0.3 is 0 Å². The number of hydrogen-bond acceptors (Lipinski definition) is 2. The molecule has 2 atom stereocenters. The van der Waals surface area contributed by atoms with Crippen LogP contribution in [0.1, 0.15) is 34.8 Å². The van der Waals surface area contributed by atoms with Gasteiger partial charge in [0.1, 0.15) is 0 Å². The number of ketones is 1. The molecule has 2 aromatic rings. The first kappa shape index (κ1) is 12.3. The van der Waals surface area contributed by atoms with E-state index in [0.29, 0.717) is 12.8 Å². The third-order valence-electron chi connectivity index (χ3n) is 4.51. The Hall–Kier alpha value is -2.42. The van der Waals surface area contributed by atoms with E-state index in [0.717, 1.165) is 16.8 Å². The van der Waals surface area contributed by atoms with Crippen LogP contribution in [-0.2, 0) is 4.79 Å². The zero-order valence-electron chi connectivity index (χ0n) is 11.5. The fourth-order valence-corrected chi connectivity index (χ4v) is 3.49. The first-order valence-electron chi connectivity index (χ1n) is 7.27. The fraction of sp³-hybridized carbons (Fsp3) is 0.222. The highest BCUT2D eigenvalue weighted by Crippen LogP contribution is 2.48. The second kappa shape index (κ2) is 4.55. The van der Waals surface area contributed by atoms with Gasteiger partial charge in [0.25, 0.3) is 0 Å².